The van der Waals surface area contributed by atoms with Crippen LogP contribution in [0.3, 0.4) is 0 Å². The molecule has 0 saturated carbocycles. The van der Waals surface area contributed by atoms with E-state index < -0.39 is 17.2 Å². The Morgan fingerprint density at radius 3 is 2.71 bits per heavy atom. The lowest BCUT2D eigenvalue weighted by Gasteiger charge is -2.08. The molecule has 4 nitrogen and oxygen atoms in total. The largest absolute Gasteiger partial charge is 0.284 e. The zero-order valence-corrected chi connectivity index (χ0v) is 12.9. The molecule has 24 heavy (non-hydrogen) atoms. The molecule has 1 aromatic carbocycles. The first kappa shape index (κ1) is 14.6. The second kappa shape index (κ2) is 5.61. The van der Waals surface area contributed by atoms with E-state index in [9.17, 15) is 13.6 Å². The third-order valence-electron chi connectivity index (χ3n) is 3.59. The summed E-state index contributed by atoms with van der Waals surface area (Å²) in [6, 6.07) is 8.38. The van der Waals surface area contributed by atoms with E-state index in [0.717, 1.165) is 22.3 Å². The van der Waals surface area contributed by atoms with E-state index in [1.54, 1.807) is 12.1 Å². The van der Waals surface area contributed by atoms with Gasteiger partial charge in [-0.15, -0.1) is 0 Å². The molecule has 0 radical (unpaired) electrons. The van der Waals surface area contributed by atoms with Gasteiger partial charge in [-0.3, -0.25) is 9.36 Å². The van der Waals surface area contributed by atoms with E-state index in [2.05, 4.69) is 9.97 Å². The fraction of sp³-hybridized carbons (Fsp3) is 0. The van der Waals surface area contributed by atoms with Crippen molar-refractivity contribution in [2.24, 2.45) is 0 Å². The summed E-state index contributed by atoms with van der Waals surface area (Å²) in [7, 11) is 0. The summed E-state index contributed by atoms with van der Waals surface area (Å²) in [6.45, 7) is 0. The molecule has 0 saturated heterocycles. The second-order valence-corrected chi connectivity index (χ2v) is 5.87. The molecular formula is C17H9F2N3OS. The molecule has 3 aromatic heterocycles. The SMILES string of the molecule is O=c1c2nc(-c3ccsc3)ccc2ncn1-c1ccc(F)cc1F. The zero-order valence-electron chi connectivity index (χ0n) is 12.1. The Hall–Kier alpha value is -2.93. The van der Waals surface area contributed by atoms with Crippen LogP contribution in [0.5, 0.6) is 0 Å². The van der Waals surface area contributed by atoms with Crippen molar-refractivity contribution in [3.8, 4) is 16.9 Å². The van der Waals surface area contributed by atoms with Gasteiger partial charge >= 0.3 is 0 Å². The average molecular weight is 341 g/mol. The molecule has 118 valence electrons. The standard InChI is InChI=1S/C17H9F2N3OS/c18-11-1-4-15(12(19)7-11)22-9-20-14-3-2-13(10-5-6-24-8-10)21-16(14)17(22)23/h1-9H. The Balaban J connectivity index is 1.95. The highest BCUT2D eigenvalue weighted by Gasteiger charge is 2.12. The molecule has 4 rings (SSSR count). The predicted octanol–water partition coefficient (Wildman–Crippen LogP) is 3.79. The molecule has 0 atom stereocenters. The van der Waals surface area contributed by atoms with Crippen LogP contribution in [0.25, 0.3) is 28.0 Å². The molecule has 0 fully saturated rings. The highest BCUT2D eigenvalue weighted by Crippen LogP contribution is 2.21. The van der Waals surface area contributed by atoms with E-state index >= 15 is 0 Å². The molecule has 0 bridgehead atoms. The first-order valence-electron chi connectivity index (χ1n) is 7.00. The molecule has 0 amide bonds. The van der Waals surface area contributed by atoms with Gasteiger partial charge in [-0.2, -0.15) is 11.3 Å². The van der Waals surface area contributed by atoms with Crippen LogP contribution in [0.15, 0.2) is 58.3 Å². The van der Waals surface area contributed by atoms with E-state index in [4.69, 9.17) is 0 Å². The van der Waals surface area contributed by atoms with Gasteiger partial charge in [0, 0.05) is 17.0 Å². The molecule has 0 spiro atoms. The van der Waals surface area contributed by atoms with Gasteiger partial charge in [-0.25, -0.2) is 18.7 Å². The van der Waals surface area contributed by atoms with Gasteiger partial charge in [-0.1, -0.05) is 0 Å². The normalized spacial score (nSPS) is 11.1. The number of nitrogens with zero attached hydrogens (tertiary/aromatic N) is 3. The number of aromatic nitrogens is 3. The first-order chi connectivity index (χ1) is 11.6. The zero-order chi connectivity index (χ0) is 16.7. The molecule has 0 aliphatic heterocycles. The van der Waals surface area contributed by atoms with Crippen LogP contribution < -0.4 is 5.56 Å². The van der Waals surface area contributed by atoms with Crippen molar-refractivity contribution in [2.45, 2.75) is 0 Å². The number of benzene rings is 1. The highest BCUT2D eigenvalue weighted by molar-refractivity contribution is 7.08. The Bertz CT molecular complexity index is 1110. The summed E-state index contributed by atoms with van der Waals surface area (Å²) in [4.78, 5) is 21.2. The van der Waals surface area contributed by atoms with Crippen molar-refractivity contribution < 1.29 is 8.78 Å². The Morgan fingerprint density at radius 1 is 1.08 bits per heavy atom. The third-order valence-corrected chi connectivity index (χ3v) is 4.28. The molecule has 7 heteroatoms. The second-order valence-electron chi connectivity index (χ2n) is 5.09. The summed E-state index contributed by atoms with van der Waals surface area (Å²) in [5, 5.41) is 3.83. The Labute approximate surface area is 138 Å². The maximum atomic E-state index is 14.0. The maximum absolute atomic E-state index is 14.0. The van der Waals surface area contributed by atoms with Gasteiger partial charge in [0.25, 0.3) is 5.56 Å². The summed E-state index contributed by atoms with van der Waals surface area (Å²) >= 11 is 1.52. The van der Waals surface area contributed by atoms with Crippen molar-refractivity contribution in [3.63, 3.8) is 0 Å². The Kier molecular flexibility index (Phi) is 3.42. The van der Waals surface area contributed by atoms with Crippen molar-refractivity contribution in [1.82, 2.24) is 14.5 Å². The summed E-state index contributed by atoms with van der Waals surface area (Å²) in [5.74, 6) is -1.55. The summed E-state index contributed by atoms with van der Waals surface area (Å²) in [6.07, 6.45) is 1.22. The van der Waals surface area contributed by atoms with Crippen LogP contribution in [0.2, 0.25) is 0 Å². The lowest BCUT2D eigenvalue weighted by molar-refractivity contribution is 0.576. The average Bonchev–Trinajstić information content (AvgIpc) is 3.10. The van der Waals surface area contributed by atoms with Crippen LogP contribution in [0.1, 0.15) is 0 Å². The van der Waals surface area contributed by atoms with Crippen LogP contribution >= 0.6 is 11.3 Å². The van der Waals surface area contributed by atoms with E-state index in [1.165, 1.54) is 23.7 Å². The summed E-state index contributed by atoms with van der Waals surface area (Å²) in [5.41, 5.74) is 1.49. The number of thiophene rings is 1. The highest BCUT2D eigenvalue weighted by atomic mass is 32.1. The fourth-order valence-corrected chi connectivity index (χ4v) is 3.07. The van der Waals surface area contributed by atoms with Gasteiger partial charge in [0.05, 0.1) is 16.9 Å². The van der Waals surface area contributed by atoms with Gasteiger partial charge in [0.2, 0.25) is 0 Å². The first-order valence-corrected chi connectivity index (χ1v) is 7.94. The minimum absolute atomic E-state index is 0.0708. The van der Waals surface area contributed by atoms with Crippen molar-refractivity contribution >= 4 is 22.4 Å². The van der Waals surface area contributed by atoms with E-state index in [1.807, 2.05) is 16.8 Å². The number of hydrogen-bond acceptors (Lipinski definition) is 4. The monoisotopic (exact) mass is 341 g/mol. The topological polar surface area (TPSA) is 47.8 Å². The smallest absolute Gasteiger partial charge is 0.266 e. The minimum atomic E-state index is -0.841. The van der Waals surface area contributed by atoms with E-state index in [0.29, 0.717) is 11.2 Å². The fourth-order valence-electron chi connectivity index (χ4n) is 2.42. The molecular weight excluding hydrogens is 332 g/mol. The van der Waals surface area contributed by atoms with Crippen molar-refractivity contribution in [1.29, 1.82) is 0 Å². The number of pyridine rings is 1. The van der Waals surface area contributed by atoms with Crippen LogP contribution in [0.4, 0.5) is 8.78 Å². The van der Waals surface area contributed by atoms with Gasteiger partial charge < -0.3 is 0 Å². The van der Waals surface area contributed by atoms with Crippen molar-refractivity contribution in [2.75, 3.05) is 0 Å². The predicted molar refractivity (Wildman–Crippen MR) is 88.4 cm³/mol. The van der Waals surface area contributed by atoms with Crippen molar-refractivity contribution in [3.05, 3.63) is 75.5 Å². The molecule has 0 aliphatic rings. The number of rotatable bonds is 2. The third kappa shape index (κ3) is 2.39. The molecule has 4 aromatic rings. The lowest BCUT2D eigenvalue weighted by Crippen LogP contribution is -2.21. The van der Waals surface area contributed by atoms with Gasteiger partial charge in [0.1, 0.15) is 18.0 Å². The van der Waals surface area contributed by atoms with Gasteiger partial charge in [0.15, 0.2) is 5.52 Å². The molecule has 0 N–H and O–H groups in total. The Morgan fingerprint density at radius 2 is 1.96 bits per heavy atom. The van der Waals surface area contributed by atoms with Gasteiger partial charge in [-0.05, 0) is 35.7 Å². The molecule has 0 aliphatic carbocycles. The number of hydrogen-bond donors (Lipinski definition) is 0. The maximum Gasteiger partial charge on any atom is 0.284 e. The van der Waals surface area contributed by atoms with E-state index in [-0.39, 0.29) is 11.2 Å². The molecule has 0 unspecified atom stereocenters. The quantitative estimate of drug-likeness (QED) is 0.557. The van der Waals surface area contributed by atoms with Crippen LogP contribution in [-0.4, -0.2) is 14.5 Å². The lowest BCUT2D eigenvalue weighted by atomic mass is 10.2. The van der Waals surface area contributed by atoms with Crippen LogP contribution in [0, 0.1) is 11.6 Å². The number of fused-ring (bicyclic) bond motifs is 1. The van der Waals surface area contributed by atoms with Crippen LogP contribution in [-0.2, 0) is 0 Å². The minimum Gasteiger partial charge on any atom is -0.266 e. The molecule has 3 heterocycles. The number of halogens is 2. The summed E-state index contributed by atoms with van der Waals surface area (Å²) < 4.78 is 28.1.